The summed E-state index contributed by atoms with van der Waals surface area (Å²) in [5.41, 5.74) is -0.658. The molecular formula is C22H30N4O4. The molecule has 2 unspecified atom stereocenters. The molecule has 3 aliphatic heterocycles. The maximum absolute atomic E-state index is 13.4. The third-order valence-corrected chi connectivity index (χ3v) is 7.49. The van der Waals surface area contributed by atoms with Crippen LogP contribution in [0, 0.1) is 11.8 Å². The van der Waals surface area contributed by atoms with Gasteiger partial charge in [0.15, 0.2) is 5.82 Å². The van der Waals surface area contributed by atoms with Crippen LogP contribution in [-0.2, 0) is 20.9 Å². The van der Waals surface area contributed by atoms with E-state index in [4.69, 9.17) is 9.26 Å². The van der Waals surface area contributed by atoms with Gasteiger partial charge in [-0.3, -0.25) is 9.59 Å². The van der Waals surface area contributed by atoms with Crippen molar-refractivity contribution in [1.29, 1.82) is 0 Å². The van der Waals surface area contributed by atoms with Gasteiger partial charge in [0, 0.05) is 19.0 Å². The van der Waals surface area contributed by atoms with E-state index in [0.29, 0.717) is 24.2 Å². The minimum Gasteiger partial charge on any atom is -0.360 e. The number of aromatic nitrogens is 2. The lowest BCUT2D eigenvalue weighted by molar-refractivity contribution is -0.143. The maximum atomic E-state index is 13.4. The molecule has 4 atom stereocenters. The van der Waals surface area contributed by atoms with E-state index in [0.717, 1.165) is 25.7 Å². The average Bonchev–Trinajstić information content (AvgIpc) is 3.43. The molecule has 1 spiro atoms. The number of carbonyl (C=O) groups is 2. The zero-order valence-corrected chi connectivity index (χ0v) is 17.9. The Kier molecular flexibility index (Phi) is 4.72. The number of hydrogen-bond donors (Lipinski definition) is 0. The van der Waals surface area contributed by atoms with E-state index >= 15 is 0 Å². The van der Waals surface area contributed by atoms with Crippen molar-refractivity contribution < 1.29 is 18.8 Å². The summed E-state index contributed by atoms with van der Waals surface area (Å²) in [6, 6.07) is 0.186. The minimum atomic E-state index is -0.658. The Balaban J connectivity index is 1.32. The number of likely N-dealkylation sites (tertiary alicyclic amines) is 1. The van der Waals surface area contributed by atoms with Crippen molar-refractivity contribution >= 4 is 11.8 Å². The Morgan fingerprint density at radius 2 is 2.13 bits per heavy atom. The highest BCUT2D eigenvalue weighted by molar-refractivity contribution is 5.93. The van der Waals surface area contributed by atoms with E-state index in [-0.39, 0.29) is 30.5 Å². The van der Waals surface area contributed by atoms with Gasteiger partial charge in [-0.1, -0.05) is 37.6 Å². The summed E-state index contributed by atoms with van der Waals surface area (Å²) in [6.07, 6.45) is 8.80. The van der Waals surface area contributed by atoms with Gasteiger partial charge in [-0.15, -0.1) is 0 Å². The highest BCUT2D eigenvalue weighted by Gasteiger charge is 2.67. The van der Waals surface area contributed by atoms with Crippen molar-refractivity contribution in [2.24, 2.45) is 11.8 Å². The molecule has 3 fully saturated rings. The number of rotatable bonds is 7. The molecule has 0 radical (unpaired) electrons. The van der Waals surface area contributed by atoms with Crippen molar-refractivity contribution in [2.45, 2.75) is 76.2 Å². The lowest BCUT2D eigenvalue weighted by atomic mass is 9.76. The Morgan fingerprint density at radius 1 is 1.37 bits per heavy atom. The fraction of sp³-hybridized carbons (Fsp3) is 0.727. The van der Waals surface area contributed by atoms with Crippen molar-refractivity contribution in [3.05, 3.63) is 23.9 Å². The van der Waals surface area contributed by atoms with E-state index in [1.165, 1.54) is 6.42 Å². The summed E-state index contributed by atoms with van der Waals surface area (Å²) in [4.78, 5) is 34.8. The monoisotopic (exact) mass is 414 g/mol. The van der Waals surface area contributed by atoms with Crippen molar-refractivity contribution in [2.75, 3.05) is 13.6 Å². The fourth-order valence-corrected chi connectivity index (χ4v) is 5.55. The quantitative estimate of drug-likeness (QED) is 0.636. The molecule has 1 aromatic heterocycles. The van der Waals surface area contributed by atoms with Gasteiger partial charge in [0.2, 0.25) is 17.7 Å². The van der Waals surface area contributed by atoms with Gasteiger partial charge in [0.05, 0.1) is 31.0 Å². The van der Waals surface area contributed by atoms with Crippen LogP contribution in [0.2, 0.25) is 0 Å². The van der Waals surface area contributed by atoms with Gasteiger partial charge < -0.3 is 19.1 Å². The number of amides is 2. The zero-order valence-electron chi connectivity index (χ0n) is 17.9. The molecule has 2 saturated heterocycles. The summed E-state index contributed by atoms with van der Waals surface area (Å²) in [7, 11) is 1.74. The smallest absolute Gasteiger partial charge is 0.230 e. The van der Waals surface area contributed by atoms with E-state index < -0.39 is 17.4 Å². The predicted molar refractivity (Wildman–Crippen MR) is 107 cm³/mol. The van der Waals surface area contributed by atoms with Crippen LogP contribution in [0.1, 0.15) is 63.6 Å². The van der Waals surface area contributed by atoms with Gasteiger partial charge in [0.1, 0.15) is 5.60 Å². The fourth-order valence-electron chi connectivity index (χ4n) is 5.55. The molecule has 1 aliphatic carbocycles. The van der Waals surface area contributed by atoms with Crippen LogP contribution in [0.3, 0.4) is 0 Å². The number of carbonyl (C=O) groups excluding carboxylic acids is 2. The zero-order chi connectivity index (χ0) is 21.0. The molecule has 1 saturated carbocycles. The molecule has 4 aliphatic rings. The minimum absolute atomic E-state index is 0.0501. The van der Waals surface area contributed by atoms with Crippen LogP contribution in [0.4, 0.5) is 0 Å². The second-order valence-corrected chi connectivity index (χ2v) is 9.21. The van der Waals surface area contributed by atoms with Crippen LogP contribution >= 0.6 is 0 Å². The second-order valence-electron chi connectivity index (χ2n) is 9.21. The van der Waals surface area contributed by atoms with Gasteiger partial charge in [0.25, 0.3) is 0 Å². The SMILES string of the molecule is CCC(CC)N1C[C@@]23C=C[C@@H](O2)C(C(=O)N(C)Cc2noc(C4CCC4)n2)C3C1=O. The lowest BCUT2D eigenvalue weighted by Gasteiger charge is -2.29. The van der Waals surface area contributed by atoms with Crippen molar-refractivity contribution in [3.63, 3.8) is 0 Å². The molecule has 162 valence electrons. The number of hydrogen-bond acceptors (Lipinski definition) is 6. The largest absolute Gasteiger partial charge is 0.360 e. The van der Waals surface area contributed by atoms with Crippen LogP contribution < -0.4 is 0 Å². The summed E-state index contributed by atoms with van der Waals surface area (Å²) >= 11 is 0. The van der Waals surface area contributed by atoms with E-state index in [1.807, 2.05) is 17.1 Å². The third-order valence-electron chi connectivity index (χ3n) is 7.49. The molecule has 0 aromatic carbocycles. The highest BCUT2D eigenvalue weighted by atomic mass is 16.5. The van der Waals surface area contributed by atoms with Gasteiger partial charge in [-0.2, -0.15) is 4.98 Å². The summed E-state index contributed by atoms with van der Waals surface area (Å²) < 4.78 is 11.6. The van der Waals surface area contributed by atoms with E-state index in [9.17, 15) is 9.59 Å². The first-order chi connectivity index (χ1) is 14.5. The molecule has 30 heavy (non-hydrogen) atoms. The first kappa shape index (κ1) is 19.7. The van der Waals surface area contributed by atoms with Crippen LogP contribution in [0.15, 0.2) is 16.7 Å². The molecule has 1 aromatic rings. The normalized spacial score (nSPS) is 32.2. The number of nitrogens with zero attached hydrogens (tertiary/aromatic N) is 4. The number of fused-ring (bicyclic) bond motifs is 1. The van der Waals surface area contributed by atoms with E-state index in [2.05, 4.69) is 24.0 Å². The second kappa shape index (κ2) is 7.18. The Bertz CT molecular complexity index is 874. The van der Waals surface area contributed by atoms with Crippen LogP contribution in [-0.4, -0.2) is 63.1 Å². The third kappa shape index (κ3) is 2.83. The Hall–Kier alpha value is -2.22. The van der Waals surface area contributed by atoms with Crippen molar-refractivity contribution in [3.8, 4) is 0 Å². The first-order valence-electron chi connectivity index (χ1n) is 11.2. The Morgan fingerprint density at radius 3 is 2.80 bits per heavy atom. The van der Waals surface area contributed by atoms with Crippen molar-refractivity contribution in [1.82, 2.24) is 19.9 Å². The summed E-state index contributed by atoms with van der Waals surface area (Å²) in [5, 5.41) is 4.05. The molecule has 2 amide bonds. The molecule has 5 rings (SSSR count). The summed E-state index contributed by atoms with van der Waals surface area (Å²) in [5.74, 6) is 0.569. The first-order valence-corrected chi connectivity index (χ1v) is 11.2. The lowest BCUT2D eigenvalue weighted by Crippen LogP contribution is -2.45. The maximum Gasteiger partial charge on any atom is 0.230 e. The molecular weight excluding hydrogens is 384 g/mol. The average molecular weight is 415 g/mol. The van der Waals surface area contributed by atoms with Gasteiger partial charge >= 0.3 is 0 Å². The Labute approximate surface area is 176 Å². The topological polar surface area (TPSA) is 88.8 Å². The van der Waals surface area contributed by atoms with Gasteiger partial charge in [-0.25, -0.2) is 0 Å². The highest BCUT2D eigenvalue weighted by Crippen LogP contribution is 2.53. The molecule has 0 N–H and O–H groups in total. The summed E-state index contributed by atoms with van der Waals surface area (Å²) in [6.45, 7) is 5.01. The van der Waals surface area contributed by atoms with Crippen LogP contribution in [0.5, 0.6) is 0 Å². The standard InChI is InChI=1S/C22H30N4O4/c1-4-14(5-2)26-12-22-10-9-15(29-22)17(18(22)21(26)28)20(27)25(3)11-16-23-19(30-24-16)13-7-6-8-13/h9-10,13-15,17-18H,4-8,11-12H2,1-3H3/t15-,17?,18?,22-/m1/s1. The van der Waals surface area contributed by atoms with E-state index in [1.54, 1.807) is 11.9 Å². The number of ether oxygens (including phenoxy) is 1. The van der Waals surface area contributed by atoms with Crippen LogP contribution in [0.25, 0.3) is 0 Å². The molecule has 8 nitrogen and oxygen atoms in total. The molecule has 4 heterocycles. The predicted octanol–water partition coefficient (Wildman–Crippen LogP) is 2.27. The molecule has 2 bridgehead atoms. The molecule has 8 heteroatoms. The van der Waals surface area contributed by atoms with Gasteiger partial charge in [-0.05, 0) is 25.7 Å².